The second kappa shape index (κ2) is 1.85. The van der Waals surface area contributed by atoms with E-state index in [0.717, 1.165) is 0 Å². The number of rotatable bonds is 1. The van der Waals surface area contributed by atoms with Gasteiger partial charge in [-0.15, -0.1) is 5.10 Å². The lowest BCUT2D eigenvalue weighted by atomic mass is 10.7. The Bertz CT molecular complexity index is 148. The van der Waals surface area contributed by atoms with E-state index in [2.05, 4.69) is 15.2 Å². The second-order valence-corrected chi connectivity index (χ2v) is 1.23. The van der Waals surface area contributed by atoms with E-state index >= 15 is 0 Å². The minimum atomic E-state index is -2.49. The predicted octanol–water partition coefficient (Wildman–Crippen LogP) is 0.161. The molecule has 0 aromatic carbocycles. The molecule has 44 valence electrons. The molecule has 0 unspecified atom stereocenters. The third-order valence-corrected chi connectivity index (χ3v) is 0.688. The van der Waals surface area contributed by atoms with Crippen LogP contribution in [0.15, 0.2) is 6.33 Å². The Morgan fingerprint density at radius 2 is 2.50 bits per heavy atom. The van der Waals surface area contributed by atoms with Gasteiger partial charge in [0.25, 0.3) is 12.2 Å². The summed E-state index contributed by atoms with van der Waals surface area (Å²) in [6, 6.07) is 0. The molecule has 1 aromatic heterocycles. The molecule has 5 heteroatoms. The van der Waals surface area contributed by atoms with Gasteiger partial charge in [0.2, 0.25) is 0 Å². The lowest BCUT2D eigenvalue weighted by molar-refractivity contribution is -0.401. The molecule has 0 bridgehead atoms. The van der Waals surface area contributed by atoms with Crippen molar-refractivity contribution in [2.45, 2.75) is 6.43 Å². The fraction of sp³-hybridized carbons (Fsp3) is 0.333. The molecule has 0 spiro atoms. The quantitative estimate of drug-likeness (QED) is 0.563. The van der Waals surface area contributed by atoms with Gasteiger partial charge in [-0.25, -0.2) is 4.98 Å². The van der Waals surface area contributed by atoms with Crippen LogP contribution in [0.25, 0.3) is 0 Å². The van der Waals surface area contributed by atoms with E-state index in [9.17, 15) is 8.78 Å². The Kier molecular flexibility index (Phi) is 1.19. The molecular weight excluding hydrogens is 116 g/mol. The van der Waals surface area contributed by atoms with Crippen LogP contribution in [0.2, 0.25) is 0 Å². The first-order valence-electron chi connectivity index (χ1n) is 2.00. The van der Waals surface area contributed by atoms with Gasteiger partial charge in [0.05, 0.1) is 0 Å². The van der Waals surface area contributed by atoms with E-state index < -0.39 is 6.43 Å². The molecule has 0 aliphatic heterocycles. The maximum Gasteiger partial charge on any atom is 0.324 e. The highest BCUT2D eigenvalue weighted by atomic mass is 19.3. The topological polar surface area (TPSA) is 42.8 Å². The summed E-state index contributed by atoms with van der Waals surface area (Å²) in [5.41, 5.74) is 0. The van der Waals surface area contributed by atoms with Gasteiger partial charge in [-0.2, -0.15) is 8.78 Å². The summed E-state index contributed by atoms with van der Waals surface area (Å²) in [6.45, 7) is 0. The molecule has 0 amide bonds. The first-order chi connectivity index (χ1) is 3.80. The van der Waals surface area contributed by atoms with E-state index in [-0.39, 0.29) is 5.82 Å². The van der Waals surface area contributed by atoms with E-state index in [1.807, 2.05) is 0 Å². The standard InChI is InChI=1S/C3H3F2N3/c4-2(5)3-6-1-7-8-3/h1-2H,(H,6,7,8)/p+1. The summed E-state index contributed by atoms with van der Waals surface area (Å²) in [4.78, 5) is 2.22. The summed E-state index contributed by atoms with van der Waals surface area (Å²) in [5.74, 6) is -0.259. The first-order valence-corrected chi connectivity index (χ1v) is 2.00. The molecule has 0 saturated heterocycles. The largest absolute Gasteiger partial charge is 0.324 e. The molecular formula is C3H4F2N3+. The predicted molar refractivity (Wildman–Crippen MR) is 20.1 cm³/mol. The van der Waals surface area contributed by atoms with Gasteiger partial charge in [0.1, 0.15) is 0 Å². The molecule has 2 N–H and O–H groups in total. The Labute approximate surface area is 43.7 Å². The van der Waals surface area contributed by atoms with E-state index in [0.29, 0.717) is 0 Å². The normalized spacial score (nSPS) is 10.4. The van der Waals surface area contributed by atoms with Gasteiger partial charge in [-0.1, -0.05) is 0 Å². The highest BCUT2D eigenvalue weighted by Crippen LogP contribution is 2.08. The molecule has 0 atom stereocenters. The van der Waals surface area contributed by atoms with Crippen molar-refractivity contribution in [1.82, 2.24) is 10.2 Å². The van der Waals surface area contributed by atoms with Crippen LogP contribution in [-0.2, 0) is 0 Å². The zero-order chi connectivity index (χ0) is 5.98. The maximum absolute atomic E-state index is 11.5. The van der Waals surface area contributed by atoms with E-state index in [1.54, 1.807) is 0 Å². The fourth-order valence-electron chi connectivity index (χ4n) is 0.348. The number of nitrogens with zero attached hydrogens (tertiary/aromatic N) is 1. The fourth-order valence-corrected chi connectivity index (χ4v) is 0.348. The van der Waals surface area contributed by atoms with Crippen LogP contribution in [0.4, 0.5) is 8.78 Å². The van der Waals surface area contributed by atoms with Gasteiger partial charge < -0.3 is 0 Å². The van der Waals surface area contributed by atoms with Crippen LogP contribution in [0.5, 0.6) is 0 Å². The molecule has 0 aliphatic carbocycles. The second-order valence-electron chi connectivity index (χ2n) is 1.23. The van der Waals surface area contributed by atoms with E-state index in [4.69, 9.17) is 0 Å². The average Bonchev–Trinajstić information content (AvgIpc) is 2.12. The van der Waals surface area contributed by atoms with Crippen molar-refractivity contribution in [3.8, 4) is 0 Å². The van der Waals surface area contributed by atoms with Gasteiger partial charge >= 0.3 is 6.43 Å². The van der Waals surface area contributed by atoms with Crippen molar-refractivity contribution >= 4 is 0 Å². The van der Waals surface area contributed by atoms with Crippen molar-refractivity contribution < 1.29 is 13.8 Å². The lowest BCUT2D eigenvalue weighted by Gasteiger charge is -1.80. The van der Waals surface area contributed by atoms with Crippen LogP contribution >= 0.6 is 0 Å². The van der Waals surface area contributed by atoms with Crippen LogP contribution < -0.4 is 4.98 Å². The third kappa shape index (κ3) is 0.800. The zero-order valence-corrected chi connectivity index (χ0v) is 3.86. The first kappa shape index (κ1) is 5.14. The van der Waals surface area contributed by atoms with Crippen molar-refractivity contribution in [3.05, 3.63) is 12.2 Å². The molecule has 8 heavy (non-hydrogen) atoms. The molecule has 0 radical (unpaired) electrons. The summed E-state index contributed by atoms with van der Waals surface area (Å²) >= 11 is 0. The number of aromatic amines is 2. The number of alkyl halides is 2. The molecule has 1 aromatic rings. The number of hydrogen-bond acceptors (Lipinski definition) is 1. The summed E-state index contributed by atoms with van der Waals surface area (Å²) in [5, 5.41) is 5.36. The molecule has 0 aliphatic rings. The number of nitrogens with one attached hydrogen (secondary N) is 2. The molecule has 0 fully saturated rings. The Morgan fingerprint density at radius 3 is 2.75 bits per heavy atom. The Morgan fingerprint density at radius 1 is 1.75 bits per heavy atom. The van der Waals surface area contributed by atoms with Crippen molar-refractivity contribution in [3.63, 3.8) is 0 Å². The van der Waals surface area contributed by atoms with Crippen LogP contribution in [0.1, 0.15) is 12.2 Å². The highest BCUT2D eigenvalue weighted by molar-refractivity contribution is 4.68. The maximum atomic E-state index is 11.5. The number of hydrogen-bond donors (Lipinski definition) is 1. The minimum Gasteiger partial charge on any atom is -0.243 e. The Hall–Kier alpha value is -1.00. The molecule has 1 rings (SSSR count). The van der Waals surface area contributed by atoms with Crippen LogP contribution in [-0.4, -0.2) is 10.2 Å². The molecule has 3 nitrogen and oxygen atoms in total. The van der Waals surface area contributed by atoms with Crippen molar-refractivity contribution in [1.29, 1.82) is 0 Å². The summed E-state index contributed by atoms with van der Waals surface area (Å²) in [7, 11) is 0. The summed E-state index contributed by atoms with van der Waals surface area (Å²) < 4.78 is 23.0. The monoisotopic (exact) mass is 120 g/mol. The molecule has 1 heterocycles. The van der Waals surface area contributed by atoms with Gasteiger partial charge in [0, 0.05) is 5.10 Å². The van der Waals surface area contributed by atoms with Crippen LogP contribution in [0.3, 0.4) is 0 Å². The summed E-state index contributed by atoms with van der Waals surface area (Å²) in [6.07, 6.45) is -1.32. The number of halogens is 2. The van der Waals surface area contributed by atoms with Crippen molar-refractivity contribution in [2.75, 3.05) is 0 Å². The lowest BCUT2D eigenvalue weighted by Crippen LogP contribution is -2.05. The minimum absolute atomic E-state index is 0.259. The number of aromatic nitrogens is 3. The van der Waals surface area contributed by atoms with Crippen molar-refractivity contribution in [2.24, 2.45) is 0 Å². The Balaban J connectivity index is 2.77. The number of H-pyrrole nitrogens is 2. The zero-order valence-electron chi connectivity index (χ0n) is 3.86. The van der Waals surface area contributed by atoms with E-state index in [1.165, 1.54) is 6.33 Å². The van der Waals surface area contributed by atoms with Crippen LogP contribution in [0, 0.1) is 0 Å². The average molecular weight is 120 g/mol. The third-order valence-electron chi connectivity index (χ3n) is 0.688. The smallest absolute Gasteiger partial charge is 0.243 e. The van der Waals surface area contributed by atoms with Gasteiger partial charge in [0.15, 0.2) is 0 Å². The van der Waals surface area contributed by atoms with Gasteiger partial charge in [-0.05, 0) is 0 Å². The molecule has 0 saturated carbocycles. The van der Waals surface area contributed by atoms with Gasteiger partial charge in [-0.3, -0.25) is 0 Å². The SMILES string of the molecule is FC(F)c1[nH]nc[nH+]1. The highest BCUT2D eigenvalue weighted by Gasteiger charge is 2.13.